The first-order valence-corrected chi connectivity index (χ1v) is 7.44. The minimum atomic E-state index is -1.27. The summed E-state index contributed by atoms with van der Waals surface area (Å²) in [5.74, 6) is -3.82. The van der Waals surface area contributed by atoms with Crippen LogP contribution in [0.4, 0.5) is 4.79 Å². The molecule has 0 aromatic carbocycles. The van der Waals surface area contributed by atoms with Gasteiger partial charge in [0.2, 0.25) is 11.8 Å². The topological polar surface area (TPSA) is 214 Å². The molecule has 12 heteroatoms. The molecule has 0 aromatic heterocycles. The highest BCUT2D eigenvalue weighted by Gasteiger charge is 2.21. The Morgan fingerprint density at radius 2 is 1.64 bits per heavy atom. The number of primary amides is 1. The minimum absolute atomic E-state index is 0.0490. The predicted molar refractivity (Wildman–Crippen MR) is 84.2 cm³/mol. The molecule has 0 aliphatic rings. The van der Waals surface area contributed by atoms with Gasteiger partial charge < -0.3 is 37.6 Å². The van der Waals surface area contributed by atoms with E-state index in [2.05, 4.69) is 16.0 Å². The molecular formula is C13H23N5O7. The van der Waals surface area contributed by atoms with Crippen LogP contribution in [0.25, 0.3) is 0 Å². The summed E-state index contributed by atoms with van der Waals surface area (Å²) in [5, 5.41) is 24.2. The molecule has 0 saturated carbocycles. The van der Waals surface area contributed by atoms with E-state index in [0.29, 0.717) is 0 Å². The Morgan fingerprint density at radius 3 is 2.16 bits per heavy atom. The number of nitrogens with two attached hydrogens (primary N) is 2. The van der Waals surface area contributed by atoms with Crippen LogP contribution in [0.5, 0.6) is 0 Å². The number of urea groups is 1. The Hall–Kier alpha value is -2.89. The Morgan fingerprint density at radius 1 is 1.00 bits per heavy atom. The first-order valence-electron chi connectivity index (χ1n) is 7.44. The van der Waals surface area contributed by atoms with Gasteiger partial charge in [0.25, 0.3) is 0 Å². The summed E-state index contributed by atoms with van der Waals surface area (Å²) in [5.41, 5.74) is 10.3. The SMILES string of the molecule is NC(=O)NCCC[C@H](NC(=O)CNC(=O)[C@@H](N)CCC(=O)O)C(=O)O. The third kappa shape index (κ3) is 11.3. The molecule has 0 bridgehead atoms. The summed E-state index contributed by atoms with van der Waals surface area (Å²) in [4.78, 5) is 55.2. The van der Waals surface area contributed by atoms with Crippen LogP contribution in [0.2, 0.25) is 0 Å². The second kappa shape index (κ2) is 11.6. The van der Waals surface area contributed by atoms with Gasteiger partial charge in [0, 0.05) is 13.0 Å². The number of nitrogens with one attached hydrogen (secondary N) is 3. The second-order valence-electron chi connectivity index (χ2n) is 5.15. The number of carbonyl (C=O) groups excluding carboxylic acids is 3. The molecule has 0 rings (SSSR count). The van der Waals surface area contributed by atoms with Crippen LogP contribution in [-0.4, -0.2) is 65.2 Å². The van der Waals surface area contributed by atoms with E-state index in [4.69, 9.17) is 21.7 Å². The Balaban J connectivity index is 4.21. The largest absolute Gasteiger partial charge is 0.481 e. The molecule has 0 aromatic rings. The quantitative estimate of drug-likeness (QED) is 0.181. The van der Waals surface area contributed by atoms with E-state index in [-0.39, 0.29) is 32.2 Å². The fourth-order valence-electron chi connectivity index (χ4n) is 1.73. The first kappa shape index (κ1) is 22.1. The van der Waals surface area contributed by atoms with Crippen LogP contribution in [0, 0.1) is 0 Å². The van der Waals surface area contributed by atoms with E-state index in [1.54, 1.807) is 0 Å². The highest BCUT2D eigenvalue weighted by molar-refractivity contribution is 5.89. The molecule has 0 spiro atoms. The summed E-state index contributed by atoms with van der Waals surface area (Å²) in [7, 11) is 0. The first-order chi connectivity index (χ1) is 11.6. The van der Waals surface area contributed by atoms with Crippen molar-refractivity contribution in [1.82, 2.24) is 16.0 Å². The zero-order valence-electron chi connectivity index (χ0n) is 13.5. The molecule has 25 heavy (non-hydrogen) atoms. The van der Waals surface area contributed by atoms with Gasteiger partial charge in [-0.25, -0.2) is 9.59 Å². The summed E-state index contributed by atoms with van der Waals surface area (Å²) in [6.45, 7) is -0.340. The van der Waals surface area contributed by atoms with Gasteiger partial charge in [0.1, 0.15) is 6.04 Å². The van der Waals surface area contributed by atoms with E-state index in [1.807, 2.05) is 0 Å². The van der Waals surface area contributed by atoms with Gasteiger partial charge in [-0.15, -0.1) is 0 Å². The summed E-state index contributed by atoms with van der Waals surface area (Å²) in [6.07, 6.45) is -0.0609. The molecule has 12 nitrogen and oxygen atoms in total. The highest BCUT2D eigenvalue weighted by atomic mass is 16.4. The average Bonchev–Trinajstić information content (AvgIpc) is 2.52. The molecule has 9 N–H and O–H groups in total. The number of hydrogen-bond acceptors (Lipinski definition) is 6. The monoisotopic (exact) mass is 361 g/mol. The fourth-order valence-corrected chi connectivity index (χ4v) is 1.73. The molecule has 0 heterocycles. The lowest BCUT2D eigenvalue weighted by Gasteiger charge is -2.16. The van der Waals surface area contributed by atoms with Crippen molar-refractivity contribution in [3.8, 4) is 0 Å². The lowest BCUT2D eigenvalue weighted by molar-refractivity contribution is -0.142. The Bertz CT molecular complexity index is 511. The van der Waals surface area contributed by atoms with E-state index >= 15 is 0 Å². The summed E-state index contributed by atoms with van der Waals surface area (Å²) in [6, 6.07) is -3.02. The van der Waals surface area contributed by atoms with Gasteiger partial charge in [-0.1, -0.05) is 0 Å². The molecule has 4 amide bonds. The van der Waals surface area contributed by atoms with Crippen molar-refractivity contribution in [3.63, 3.8) is 0 Å². The van der Waals surface area contributed by atoms with Crippen molar-refractivity contribution >= 4 is 29.8 Å². The summed E-state index contributed by atoms with van der Waals surface area (Å²) < 4.78 is 0. The maximum atomic E-state index is 11.7. The number of carboxylic acid groups (broad SMARTS) is 2. The van der Waals surface area contributed by atoms with Crippen LogP contribution in [0.1, 0.15) is 25.7 Å². The molecule has 0 saturated heterocycles. The van der Waals surface area contributed by atoms with Crippen LogP contribution < -0.4 is 27.4 Å². The smallest absolute Gasteiger partial charge is 0.326 e. The summed E-state index contributed by atoms with van der Waals surface area (Å²) >= 11 is 0. The number of amides is 4. The molecule has 0 unspecified atom stereocenters. The zero-order valence-corrected chi connectivity index (χ0v) is 13.5. The van der Waals surface area contributed by atoms with Crippen molar-refractivity contribution in [1.29, 1.82) is 0 Å². The number of carboxylic acids is 2. The third-order valence-electron chi connectivity index (χ3n) is 3.03. The van der Waals surface area contributed by atoms with E-state index in [9.17, 15) is 24.0 Å². The number of carbonyl (C=O) groups is 5. The normalized spacial score (nSPS) is 12.5. The molecule has 2 atom stereocenters. The lowest BCUT2D eigenvalue weighted by Crippen LogP contribution is -2.48. The molecule has 142 valence electrons. The van der Waals surface area contributed by atoms with Gasteiger partial charge in [0.05, 0.1) is 12.6 Å². The molecule has 0 fully saturated rings. The minimum Gasteiger partial charge on any atom is -0.481 e. The van der Waals surface area contributed by atoms with Crippen molar-refractivity contribution in [3.05, 3.63) is 0 Å². The van der Waals surface area contributed by atoms with Crippen molar-refractivity contribution < 1.29 is 34.2 Å². The number of rotatable bonds is 12. The average molecular weight is 361 g/mol. The second-order valence-corrected chi connectivity index (χ2v) is 5.15. The lowest BCUT2D eigenvalue weighted by atomic mass is 10.1. The Kier molecular flexibility index (Phi) is 10.3. The third-order valence-corrected chi connectivity index (χ3v) is 3.03. The van der Waals surface area contributed by atoms with Gasteiger partial charge in [0.15, 0.2) is 0 Å². The van der Waals surface area contributed by atoms with Gasteiger partial charge in [-0.3, -0.25) is 14.4 Å². The highest BCUT2D eigenvalue weighted by Crippen LogP contribution is 1.98. The fraction of sp³-hybridized carbons (Fsp3) is 0.615. The molecular weight excluding hydrogens is 338 g/mol. The standard InChI is InChI=1S/C13H23N5O7/c14-7(3-4-10(20)21)11(22)17-6-9(19)18-8(12(23)24)2-1-5-16-13(15)25/h7-8H,1-6,14H2,(H,17,22)(H,18,19)(H,20,21)(H,23,24)(H3,15,16,25)/t7-,8-/m0/s1. The molecule has 0 radical (unpaired) electrons. The Labute approximate surface area is 143 Å². The van der Waals surface area contributed by atoms with Crippen LogP contribution in [0.15, 0.2) is 0 Å². The van der Waals surface area contributed by atoms with E-state index < -0.39 is 48.4 Å². The van der Waals surface area contributed by atoms with Gasteiger partial charge >= 0.3 is 18.0 Å². The van der Waals surface area contributed by atoms with Gasteiger partial charge in [-0.2, -0.15) is 0 Å². The maximum Gasteiger partial charge on any atom is 0.326 e. The van der Waals surface area contributed by atoms with Gasteiger partial charge in [-0.05, 0) is 19.3 Å². The van der Waals surface area contributed by atoms with Crippen LogP contribution >= 0.6 is 0 Å². The predicted octanol–water partition coefficient (Wildman–Crippen LogP) is -2.69. The van der Waals surface area contributed by atoms with E-state index in [1.165, 1.54) is 0 Å². The maximum absolute atomic E-state index is 11.7. The number of hydrogen-bond donors (Lipinski definition) is 7. The van der Waals surface area contributed by atoms with Crippen LogP contribution in [-0.2, 0) is 19.2 Å². The zero-order chi connectivity index (χ0) is 19.4. The van der Waals surface area contributed by atoms with Crippen molar-refractivity contribution in [2.45, 2.75) is 37.8 Å². The van der Waals surface area contributed by atoms with E-state index in [0.717, 1.165) is 0 Å². The molecule has 0 aliphatic heterocycles. The van der Waals surface area contributed by atoms with Crippen LogP contribution in [0.3, 0.4) is 0 Å². The molecule has 0 aliphatic carbocycles. The number of aliphatic carboxylic acids is 2. The van der Waals surface area contributed by atoms with Crippen molar-refractivity contribution in [2.75, 3.05) is 13.1 Å². The van der Waals surface area contributed by atoms with Crippen molar-refractivity contribution in [2.24, 2.45) is 11.5 Å².